The molecule has 3 fully saturated rings. The average molecular weight is 531 g/mol. The number of hydrogen-bond acceptors (Lipinski definition) is 4. The molecule has 35 heavy (non-hydrogen) atoms. The van der Waals surface area contributed by atoms with Gasteiger partial charge in [-0.2, -0.15) is 0 Å². The van der Waals surface area contributed by atoms with Crippen LogP contribution in [-0.4, -0.2) is 56.9 Å². The molecule has 1 aromatic rings. The summed E-state index contributed by atoms with van der Waals surface area (Å²) in [4.78, 5) is 29.4. The molecule has 196 valence electrons. The molecule has 1 saturated heterocycles. The number of primary amides is 1. The molecule has 0 bridgehead atoms. The summed E-state index contributed by atoms with van der Waals surface area (Å²) in [6.45, 7) is 3.35. The zero-order valence-corrected chi connectivity index (χ0v) is 21.9. The van der Waals surface area contributed by atoms with Gasteiger partial charge in [0.2, 0.25) is 11.8 Å². The van der Waals surface area contributed by atoms with Crippen LogP contribution in [0.3, 0.4) is 0 Å². The number of carbonyl (C=O) groups excluding carboxylic acids is 2. The van der Waals surface area contributed by atoms with Crippen LogP contribution >= 0.6 is 23.2 Å². The molecule has 4 rings (SSSR count). The Balaban J connectivity index is 1.42. The van der Waals surface area contributed by atoms with Gasteiger partial charge >= 0.3 is 0 Å². The first-order valence-corrected chi connectivity index (χ1v) is 13.8. The molecule has 2 saturated carbocycles. The highest BCUT2D eigenvalue weighted by Gasteiger charge is 2.41. The molecule has 0 radical (unpaired) electrons. The summed E-state index contributed by atoms with van der Waals surface area (Å²) in [6, 6.07) is -0.310. The summed E-state index contributed by atoms with van der Waals surface area (Å²) in [7, 11) is 0. The zero-order chi connectivity index (χ0) is 25.1. The van der Waals surface area contributed by atoms with Gasteiger partial charge in [0.05, 0.1) is 17.3 Å². The molecule has 4 N–H and O–H groups in total. The van der Waals surface area contributed by atoms with Gasteiger partial charge < -0.3 is 20.9 Å². The second-order valence-corrected chi connectivity index (χ2v) is 12.0. The van der Waals surface area contributed by atoms with Gasteiger partial charge in [-0.3, -0.25) is 9.59 Å². The predicted molar refractivity (Wildman–Crippen MR) is 135 cm³/mol. The molecule has 10 heteroatoms. The number of carbonyl (C=O) groups is 2. The Morgan fingerprint density at radius 3 is 2.63 bits per heavy atom. The summed E-state index contributed by atoms with van der Waals surface area (Å²) in [5.41, 5.74) is 5.50. The van der Waals surface area contributed by atoms with Crippen LogP contribution in [0.2, 0.25) is 0 Å². The van der Waals surface area contributed by atoms with Crippen LogP contribution < -0.4 is 16.4 Å². The van der Waals surface area contributed by atoms with Gasteiger partial charge in [-0.15, -0.1) is 23.2 Å². The fourth-order valence-corrected chi connectivity index (χ4v) is 6.86. The minimum Gasteiger partial charge on any atom is -0.369 e. The van der Waals surface area contributed by atoms with Crippen LogP contribution in [0.25, 0.3) is 0 Å². The van der Waals surface area contributed by atoms with E-state index >= 15 is 0 Å². The summed E-state index contributed by atoms with van der Waals surface area (Å²) in [5, 5.41) is 6.66. The number of piperidine rings is 1. The monoisotopic (exact) mass is 529 g/mol. The summed E-state index contributed by atoms with van der Waals surface area (Å²) in [5.74, 6) is 0.319. The van der Waals surface area contributed by atoms with Gasteiger partial charge in [-0.25, -0.2) is 9.37 Å². The molecule has 1 aromatic heterocycles. The molecule has 0 spiro atoms. The highest BCUT2D eigenvalue weighted by molar-refractivity contribution is 6.30. The van der Waals surface area contributed by atoms with Crippen LogP contribution in [0.1, 0.15) is 57.2 Å². The van der Waals surface area contributed by atoms with Crippen molar-refractivity contribution in [2.24, 2.45) is 29.4 Å². The minimum absolute atomic E-state index is 0.000388. The lowest BCUT2D eigenvalue weighted by atomic mass is 9.72. The Bertz CT molecular complexity index is 886. The maximum absolute atomic E-state index is 14.3. The van der Waals surface area contributed by atoms with Crippen LogP contribution in [0.4, 0.5) is 4.39 Å². The van der Waals surface area contributed by atoms with Crippen LogP contribution in [0.15, 0.2) is 12.4 Å². The minimum atomic E-state index is -1.18. The number of nitrogens with one attached hydrogen (secondary N) is 2. The highest BCUT2D eigenvalue weighted by atomic mass is 35.5. The maximum Gasteiger partial charge on any atom is 0.237 e. The van der Waals surface area contributed by atoms with Crippen molar-refractivity contribution in [2.45, 2.75) is 93.8 Å². The number of alkyl halides is 3. The number of aromatic nitrogens is 2. The van der Waals surface area contributed by atoms with Crippen LogP contribution in [-0.2, 0) is 16.1 Å². The van der Waals surface area contributed by atoms with Crippen LogP contribution in [0, 0.1) is 30.6 Å². The second-order valence-electron chi connectivity index (χ2n) is 10.8. The van der Waals surface area contributed by atoms with E-state index in [1.165, 1.54) is 0 Å². The van der Waals surface area contributed by atoms with E-state index in [1.807, 2.05) is 13.1 Å². The van der Waals surface area contributed by atoms with Crippen molar-refractivity contribution >= 4 is 35.0 Å². The third kappa shape index (κ3) is 6.69. The molecule has 1 aliphatic heterocycles. The normalized spacial score (nSPS) is 38.1. The quantitative estimate of drug-likeness (QED) is 0.471. The number of aryl methyl sites for hydroxylation is 1. The molecule has 7 nitrogen and oxygen atoms in total. The van der Waals surface area contributed by atoms with Gasteiger partial charge in [0.15, 0.2) is 0 Å². The number of rotatable bonds is 7. The Kier molecular flexibility index (Phi) is 8.98. The van der Waals surface area contributed by atoms with Crippen molar-refractivity contribution in [1.82, 2.24) is 20.2 Å². The van der Waals surface area contributed by atoms with Crippen molar-refractivity contribution in [3.8, 4) is 0 Å². The number of amides is 2. The molecule has 9 unspecified atom stereocenters. The third-order valence-corrected chi connectivity index (χ3v) is 9.51. The van der Waals surface area contributed by atoms with Crippen molar-refractivity contribution in [3.05, 3.63) is 18.2 Å². The van der Waals surface area contributed by atoms with Crippen molar-refractivity contribution < 1.29 is 14.0 Å². The molecular weight excluding hydrogens is 492 g/mol. The second kappa shape index (κ2) is 11.8. The summed E-state index contributed by atoms with van der Waals surface area (Å²) in [6.07, 6.45) is 8.24. The number of nitrogens with two attached hydrogens (primary N) is 1. The first-order chi connectivity index (χ1) is 16.7. The van der Waals surface area contributed by atoms with E-state index < -0.39 is 18.0 Å². The lowest BCUT2D eigenvalue weighted by Crippen LogP contribution is -2.57. The van der Waals surface area contributed by atoms with Gasteiger partial charge in [0.25, 0.3) is 0 Å². The van der Waals surface area contributed by atoms with Gasteiger partial charge in [0.1, 0.15) is 12.0 Å². The van der Waals surface area contributed by atoms with E-state index in [1.54, 1.807) is 6.20 Å². The van der Waals surface area contributed by atoms with E-state index in [0.29, 0.717) is 38.1 Å². The standard InChI is InChI=1S/C25H38Cl2FN5O2/c1-14-30-6-7-33(14)13-16-9-22(17-3-5-21(28)18(11-17)24(29)34)32-23(10-16)25(35)31-12-15-2-4-19(26)20(27)8-15/h6-7,15-23,32H,2-5,8-13H2,1H3,(H2,29,34)(H,31,35). The van der Waals surface area contributed by atoms with E-state index in [0.717, 1.165) is 38.1 Å². The molecule has 2 aliphatic carbocycles. The van der Waals surface area contributed by atoms with E-state index in [2.05, 4.69) is 20.2 Å². The third-order valence-electron chi connectivity index (χ3n) is 8.37. The van der Waals surface area contributed by atoms with E-state index in [9.17, 15) is 14.0 Å². The molecule has 0 aromatic carbocycles. The fraction of sp³-hybridized carbons (Fsp3) is 0.800. The van der Waals surface area contributed by atoms with Gasteiger partial charge in [0, 0.05) is 36.9 Å². The smallest absolute Gasteiger partial charge is 0.237 e. The number of halogens is 3. The topological polar surface area (TPSA) is 102 Å². The lowest BCUT2D eigenvalue weighted by molar-refractivity contribution is -0.127. The SMILES string of the molecule is Cc1nccn1CC1CC(C(=O)NCC2CCC(Cl)C(Cl)C2)NC(C2CCC(F)C(C(N)=O)C2)C1. The van der Waals surface area contributed by atoms with Crippen LogP contribution in [0.5, 0.6) is 0 Å². The molecule has 2 amide bonds. The highest BCUT2D eigenvalue weighted by Crippen LogP contribution is 2.37. The summed E-state index contributed by atoms with van der Waals surface area (Å²) >= 11 is 12.6. The Morgan fingerprint density at radius 2 is 1.94 bits per heavy atom. The number of hydrogen-bond donors (Lipinski definition) is 3. The molecule has 9 atom stereocenters. The Morgan fingerprint density at radius 1 is 1.14 bits per heavy atom. The zero-order valence-electron chi connectivity index (χ0n) is 20.3. The maximum atomic E-state index is 14.3. The van der Waals surface area contributed by atoms with Crippen molar-refractivity contribution in [1.29, 1.82) is 0 Å². The van der Waals surface area contributed by atoms with Gasteiger partial charge in [-0.1, -0.05) is 0 Å². The number of nitrogens with zero attached hydrogens (tertiary/aromatic N) is 2. The van der Waals surface area contributed by atoms with Crippen molar-refractivity contribution in [2.75, 3.05) is 6.54 Å². The fourth-order valence-electron chi connectivity index (χ4n) is 6.26. The summed E-state index contributed by atoms with van der Waals surface area (Å²) < 4.78 is 16.5. The Labute approximate surface area is 217 Å². The first-order valence-electron chi connectivity index (χ1n) is 12.9. The Hall–Kier alpha value is -1.38. The predicted octanol–water partition coefficient (Wildman–Crippen LogP) is 3.30. The van der Waals surface area contributed by atoms with E-state index in [4.69, 9.17) is 28.9 Å². The van der Waals surface area contributed by atoms with Gasteiger partial charge in [-0.05, 0) is 76.0 Å². The average Bonchev–Trinajstić information content (AvgIpc) is 3.23. The van der Waals surface area contributed by atoms with Crippen molar-refractivity contribution in [3.63, 3.8) is 0 Å². The molecule has 2 heterocycles. The largest absolute Gasteiger partial charge is 0.369 e. The molecule has 3 aliphatic rings. The number of imidazole rings is 1. The van der Waals surface area contributed by atoms with E-state index in [-0.39, 0.29) is 40.6 Å². The first kappa shape index (κ1) is 26.7. The molecular formula is C25H38Cl2FN5O2. The lowest BCUT2D eigenvalue weighted by Gasteiger charge is -2.42.